The van der Waals surface area contributed by atoms with Gasteiger partial charge in [-0.25, -0.2) is 4.39 Å². The molecule has 238 valence electrons. The lowest BCUT2D eigenvalue weighted by Gasteiger charge is -2.37. The molecule has 0 bridgehead atoms. The Labute approximate surface area is 265 Å². The van der Waals surface area contributed by atoms with E-state index in [1.165, 1.54) is 18.2 Å². The minimum absolute atomic E-state index is 0.0552. The molecule has 1 unspecified atom stereocenters. The molecule has 2 aliphatic heterocycles. The average Bonchev–Trinajstić information content (AvgIpc) is 3.39. The number of carbonyl (C=O) groups is 3. The van der Waals surface area contributed by atoms with E-state index in [4.69, 9.17) is 28.9 Å². The Kier molecular flexibility index (Phi) is 8.30. The van der Waals surface area contributed by atoms with E-state index in [1.807, 2.05) is 20.8 Å². The summed E-state index contributed by atoms with van der Waals surface area (Å²) in [4.78, 5) is 40.0. The van der Waals surface area contributed by atoms with Crippen LogP contribution in [0, 0.1) is 11.2 Å². The molecule has 1 saturated heterocycles. The SMILES string of the molecule is CC(C)(C)C[C@@H]1N[C@@H](C(=O)Nc2ccc(C(N)=O)cc2OC(F)(F)F)[C@@H](c2cccc(Cl)c2F)C12C(=O)Nc1cc(Cl)ccc12. The molecule has 0 saturated carbocycles. The van der Waals surface area contributed by atoms with Crippen LogP contribution in [0.3, 0.4) is 0 Å². The van der Waals surface area contributed by atoms with Crippen molar-refractivity contribution in [3.05, 3.63) is 87.2 Å². The van der Waals surface area contributed by atoms with Gasteiger partial charge in [0.15, 0.2) is 5.75 Å². The summed E-state index contributed by atoms with van der Waals surface area (Å²) >= 11 is 12.4. The molecule has 2 heterocycles. The summed E-state index contributed by atoms with van der Waals surface area (Å²) in [6.07, 6.45) is -4.86. The molecule has 3 amide bonds. The van der Waals surface area contributed by atoms with Gasteiger partial charge in [0.2, 0.25) is 17.7 Å². The number of hydrogen-bond donors (Lipinski definition) is 4. The molecule has 4 atom stereocenters. The molecule has 5 N–H and O–H groups in total. The zero-order valence-corrected chi connectivity index (χ0v) is 25.6. The van der Waals surface area contributed by atoms with Crippen LogP contribution in [-0.2, 0) is 15.0 Å². The summed E-state index contributed by atoms with van der Waals surface area (Å²) in [5.74, 6) is -5.44. The van der Waals surface area contributed by atoms with Crippen molar-refractivity contribution in [3.63, 3.8) is 0 Å². The van der Waals surface area contributed by atoms with E-state index >= 15 is 4.39 Å². The van der Waals surface area contributed by atoms with Gasteiger partial charge in [-0.15, -0.1) is 13.2 Å². The summed E-state index contributed by atoms with van der Waals surface area (Å²) in [7, 11) is 0. The number of rotatable bonds is 6. The molecular weight excluding hydrogens is 639 g/mol. The van der Waals surface area contributed by atoms with Crippen molar-refractivity contribution in [2.45, 2.75) is 57.0 Å². The zero-order chi connectivity index (χ0) is 33.1. The monoisotopic (exact) mass is 666 g/mol. The second-order valence-corrected chi connectivity index (χ2v) is 13.1. The molecule has 5 rings (SSSR count). The molecule has 0 aromatic heterocycles. The number of anilines is 2. The number of benzene rings is 3. The van der Waals surface area contributed by atoms with Crippen LogP contribution in [0.4, 0.5) is 28.9 Å². The predicted molar refractivity (Wildman–Crippen MR) is 161 cm³/mol. The summed E-state index contributed by atoms with van der Waals surface area (Å²) in [6, 6.07) is 9.72. The van der Waals surface area contributed by atoms with Gasteiger partial charge in [-0.3, -0.25) is 14.4 Å². The highest BCUT2D eigenvalue weighted by Gasteiger charge is 2.66. The van der Waals surface area contributed by atoms with E-state index in [0.29, 0.717) is 22.7 Å². The number of nitrogens with one attached hydrogen (secondary N) is 3. The van der Waals surface area contributed by atoms with Crippen LogP contribution in [0.2, 0.25) is 10.0 Å². The smallest absolute Gasteiger partial charge is 0.404 e. The Balaban J connectivity index is 1.70. The lowest BCUT2D eigenvalue weighted by Crippen LogP contribution is -2.49. The number of ether oxygens (including phenoxy) is 1. The van der Waals surface area contributed by atoms with Crippen LogP contribution >= 0.6 is 23.2 Å². The number of amides is 3. The van der Waals surface area contributed by atoms with E-state index in [1.54, 1.807) is 18.2 Å². The zero-order valence-electron chi connectivity index (χ0n) is 24.1. The maximum Gasteiger partial charge on any atom is 0.573 e. The summed E-state index contributed by atoms with van der Waals surface area (Å²) in [5.41, 5.74) is 3.29. The van der Waals surface area contributed by atoms with Gasteiger partial charge in [0, 0.05) is 28.2 Å². The van der Waals surface area contributed by atoms with Crippen LogP contribution in [0.5, 0.6) is 5.75 Å². The van der Waals surface area contributed by atoms with Crippen LogP contribution in [0.1, 0.15) is 54.6 Å². The number of primary amides is 1. The lowest BCUT2D eigenvalue weighted by molar-refractivity contribution is -0.274. The molecule has 0 radical (unpaired) electrons. The second kappa shape index (κ2) is 11.5. The van der Waals surface area contributed by atoms with Gasteiger partial charge in [0.25, 0.3) is 0 Å². The van der Waals surface area contributed by atoms with Gasteiger partial charge in [-0.05, 0) is 59.4 Å². The molecule has 3 aromatic carbocycles. The first kappa shape index (κ1) is 32.5. The van der Waals surface area contributed by atoms with E-state index < -0.39 is 70.2 Å². The van der Waals surface area contributed by atoms with Crippen molar-refractivity contribution in [2.75, 3.05) is 10.6 Å². The Morgan fingerprint density at radius 1 is 1.07 bits per heavy atom. The molecule has 1 fully saturated rings. The molecule has 14 heteroatoms. The second-order valence-electron chi connectivity index (χ2n) is 12.2. The average molecular weight is 667 g/mol. The molecule has 2 aliphatic rings. The Hall–Kier alpha value is -3.87. The third-order valence-corrected chi connectivity index (χ3v) is 8.50. The highest BCUT2D eigenvalue weighted by atomic mass is 35.5. The van der Waals surface area contributed by atoms with E-state index in [9.17, 15) is 27.6 Å². The predicted octanol–water partition coefficient (Wildman–Crippen LogP) is 6.52. The third-order valence-electron chi connectivity index (χ3n) is 7.97. The van der Waals surface area contributed by atoms with Gasteiger partial charge in [0.05, 0.1) is 16.8 Å². The first-order valence-electron chi connectivity index (χ1n) is 13.7. The number of nitrogens with two attached hydrogens (primary N) is 1. The first-order valence-corrected chi connectivity index (χ1v) is 14.5. The minimum Gasteiger partial charge on any atom is -0.404 e. The highest BCUT2D eigenvalue weighted by molar-refractivity contribution is 6.31. The number of carbonyl (C=O) groups excluding carboxylic acids is 3. The highest BCUT2D eigenvalue weighted by Crippen LogP contribution is 2.57. The fraction of sp³-hybridized carbons (Fsp3) is 0.323. The number of halogens is 6. The van der Waals surface area contributed by atoms with Crippen molar-refractivity contribution < 1.29 is 36.7 Å². The van der Waals surface area contributed by atoms with Gasteiger partial charge in [0.1, 0.15) is 11.2 Å². The van der Waals surface area contributed by atoms with Crippen molar-refractivity contribution in [3.8, 4) is 5.75 Å². The fourth-order valence-electron chi connectivity index (χ4n) is 6.35. The van der Waals surface area contributed by atoms with Crippen molar-refractivity contribution in [2.24, 2.45) is 11.1 Å². The molecular formula is C31H28Cl2F4N4O4. The molecule has 3 aromatic rings. The standard InChI is InChI=1S/C31H28Cl2F4N4O4/c1-29(2,3)13-22-30(17-9-8-15(32)12-20(17)40-28(30)44)23(16-5-4-6-18(33)24(16)34)25(41-22)27(43)39-19-10-7-14(26(38)42)11-21(19)45-31(35,36)37/h4-12,22-23,25,41H,13H2,1-3H3,(H2,38,42)(H,39,43)(H,40,44)/t22-,23+,25+,30?/m0/s1. The molecule has 1 spiro atoms. The molecule has 45 heavy (non-hydrogen) atoms. The van der Waals surface area contributed by atoms with Gasteiger partial charge < -0.3 is 26.4 Å². The van der Waals surface area contributed by atoms with E-state index in [0.717, 1.165) is 18.2 Å². The summed E-state index contributed by atoms with van der Waals surface area (Å²) in [6.45, 7) is 5.80. The quantitative estimate of drug-likeness (QED) is 0.223. The Morgan fingerprint density at radius 2 is 1.78 bits per heavy atom. The minimum atomic E-state index is -5.18. The van der Waals surface area contributed by atoms with Gasteiger partial charge in [-0.1, -0.05) is 62.2 Å². The van der Waals surface area contributed by atoms with Crippen LogP contribution < -0.4 is 26.4 Å². The summed E-state index contributed by atoms with van der Waals surface area (Å²) in [5, 5.41) is 8.58. The number of hydrogen-bond acceptors (Lipinski definition) is 5. The third kappa shape index (κ3) is 6.06. The first-order chi connectivity index (χ1) is 20.9. The van der Waals surface area contributed by atoms with Crippen LogP contribution in [0.25, 0.3) is 0 Å². The van der Waals surface area contributed by atoms with Crippen molar-refractivity contribution in [1.29, 1.82) is 0 Å². The molecule has 0 aliphatic carbocycles. The molecule has 8 nitrogen and oxygen atoms in total. The largest absolute Gasteiger partial charge is 0.573 e. The maximum absolute atomic E-state index is 15.9. The Morgan fingerprint density at radius 3 is 2.42 bits per heavy atom. The van der Waals surface area contributed by atoms with E-state index in [2.05, 4.69) is 20.7 Å². The van der Waals surface area contributed by atoms with Gasteiger partial charge >= 0.3 is 6.36 Å². The van der Waals surface area contributed by atoms with E-state index in [-0.39, 0.29) is 16.1 Å². The lowest BCUT2D eigenvalue weighted by atomic mass is 9.62. The maximum atomic E-state index is 15.9. The van der Waals surface area contributed by atoms with Crippen LogP contribution in [0.15, 0.2) is 54.6 Å². The van der Waals surface area contributed by atoms with Gasteiger partial charge in [-0.2, -0.15) is 0 Å². The fourth-order valence-corrected chi connectivity index (χ4v) is 6.70. The van der Waals surface area contributed by atoms with Crippen molar-refractivity contribution >= 4 is 52.3 Å². The number of alkyl halides is 3. The van der Waals surface area contributed by atoms with Crippen molar-refractivity contribution in [1.82, 2.24) is 5.32 Å². The topological polar surface area (TPSA) is 123 Å². The van der Waals surface area contributed by atoms with Crippen LogP contribution in [-0.4, -0.2) is 36.2 Å². The Bertz CT molecular complexity index is 1710. The normalized spacial score (nSPS) is 22.7. The summed E-state index contributed by atoms with van der Waals surface area (Å²) < 4.78 is 59.9. The number of fused-ring (bicyclic) bond motifs is 2.